The number of amides is 2. The maximum Gasteiger partial charge on any atom is 0.397 e. The number of non-ortho nitro benzene ring substituents is 1. The number of carbonyl (C=O) groups is 3. The normalized spacial score (nSPS) is 18.2. The average molecular weight is 634 g/mol. The van der Waals surface area contributed by atoms with Crippen LogP contribution in [0.2, 0.25) is 18.1 Å². The molecule has 218 valence electrons. The van der Waals surface area contributed by atoms with Crippen LogP contribution in [0.5, 0.6) is 0 Å². The van der Waals surface area contributed by atoms with Gasteiger partial charge in [-0.05, 0) is 65.7 Å². The van der Waals surface area contributed by atoms with E-state index in [9.17, 15) is 24.5 Å². The molecule has 1 fully saturated rings. The Kier molecular flexibility index (Phi) is 9.28. The van der Waals surface area contributed by atoms with Crippen LogP contribution in [0.4, 0.5) is 5.69 Å². The predicted octanol–water partition coefficient (Wildman–Crippen LogP) is 6.41. The van der Waals surface area contributed by atoms with Crippen molar-refractivity contribution < 1.29 is 28.5 Å². The number of aromatic nitrogens is 1. The fourth-order valence-electron chi connectivity index (χ4n) is 3.95. The zero-order valence-electron chi connectivity index (χ0n) is 23.5. The van der Waals surface area contributed by atoms with Gasteiger partial charge in [-0.3, -0.25) is 24.6 Å². The lowest BCUT2D eigenvalue weighted by Crippen LogP contribution is -2.67. The Morgan fingerprint density at radius 2 is 1.83 bits per heavy atom. The first-order chi connectivity index (χ1) is 19.2. The number of hydrogen-bond donors (Lipinski definition) is 0. The summed E-state index contributed by atoms with van der Waals surface area (Å²) in [6.07, 6.45) is -0.475. The van der Waals surface area contributed by atoms with Crippen LogP contribution >= 0.6 is 32.9 Å². The molecule has 0 spiro atoms. The number of rotatable bonds is 9. The molecule has 1 aliphatic heterocycles. The molecule has 2 amide bonds. The number of esters is 1. The molecule has 2 aromatic carbocycles. The number of likely N-dealkylation sites (tertiary alicyclic amines) is 1. The van der Waals surface area contributed by atoms with Crippen molar-refractivity contribution in [3.05, 3.63) is 64.2 Å². The van der Waals surface area contributed by atoms with Gasteiger partial charge in [0.1, 0.15) is 12.0 Å². The minimum absolute atomic E-state index is 0.0797. The number of hydrogen-bond acceptors (Lipinski definition) is 11. The topological polar surface area (TPSA) is 129 Å². The molecule has 3 atom stereocenters. The van der Waals surface area contributed by atoms with Crippen molar-refractivity contribution in [2.45, 2.75) is 68.3 Å². The van der Waals surface area contributed by atoms with E-state index in [1.54, 1.807) is 0 Å². The minimum Gasteiger partial charge on any atom is -0.454 e. The number of benzene rings is 2. The van der Waals surface area contributed by atoms with Crippen LogP contribution in [0.1, 0.15) is 33.3 Å². The van der Waals surface area contributed by atoms with E-state index in [1.165, 1.54) is 57.2 Å². The molecule has 14 heteroatoms. The Balaban J connectivity index is 1.49. The van der Waals surface area contributed by atoms with Crippen molar-refractivity contribution >= 4 is 74.9 Å². The summed E-state index contributed by atoms with van der Waals surface area (Å²) in [5, 5.41) is 10.1. The highest BCUT2D eigenvalue weighted by Crippen LogP contribution is 2.49. The van der Waals surface area contributed by atoms with Gasteiger partial charge in [0.05, 0.1) is 27.2 Å². The zero-order chi connectivity index (χ0) is 30.1. The molecule has 2 heterocycles. The highest BCUT2D eigenvalue weighted by Gasteiger charge is 2.57. The van der Waals surface area contributed by atoms with Crippen molar-refractivity contribution in [3.63, 3.8) is 0 Å². The van der Waals surface area contributed by atoms with Crippen LogP contribution in [-0.4, -0.2) is 52.4 Å². The lowest BCUT2D eigenvalue weighted by molar-refractivity contribution is -0.384. The molecule has 0 radical (unpaired) electrons. The average Bonchev–Trinajstić information content (AvgIpc) is 3.31. The number of imide groups is 1. The molecule has 0 aliphatic carbocycles. The van der Waals surface area contributed by atoms with Gasteiger partial charge in [0.25, 0.3) is 5.69 Å². The predicted molar refractivity (Wildman–Crippen MR) is 163 cm³/mol. The third kappa shape index (κ3) is 6.83. The third-order valence-electron chi connectivity index (χ3n) is 7.28. The molecule has 0 saturated carbocycles. The molecule has 3 aromatic rings. The minimum atomic E-state index is -2.23. The van der Waals surface area contributed by atoms with E-state index in [-0.39, 0.29) is 17.3 Å². The standard InChI is InChI=1S/C27H31N3O7S3Si/c1-16(37-41(5,6)27(2,3)4)21-22(31)29(24(21)39-40-26-28-19-9-7-8-10-20(19)38-26)23(32)25(33)36-15-17-11-13-18(14-12-17)30(34)35/h7-14,16,21,24H,15H2,1-6H3/t16-,21+,24-/m1/s1. The van der Waals surface area contributed by atoms with Gasteiger partial charge in [0, 0.05) is 12.1 Å². The van der Waals surface area contributed by atoms with Gasteiger partial charge in [-0.2, -0.15) is 0 Å². The molecule has 10 nitrogen and oxygen atoms in total. The highest BCUT2D eigenvalue weighted by atomic mass is 33.1. The molecule has 0 bridgehead atoms. The highest BCUT2D eigenvalue weighted by molar-refractivity contribution is 8.77. The summed E-state index contributed by atoms with van der Waals surface area (Å²) in [7, 11) is 0.411. The number of nitrogens with zero attached hydrogens (tertiary/aromatic N) is 3. The van der Waals surface area contributed by atoms with E-state index in [2.05, 4.69) is 38.8 Å². The smallest absolute Gasteiger partial charge is 0.397 e. The van der Waals surface area contributed by atoms with Crippen LogP contribution in [0, 0.1) is 16.0 Å². The van der Waals surface area contributed by atoms with Crippen molar-refractivity contribution in [1.29, 1.82) is 0 Å². The molecule has 41 heavy (non-hydrogen) atoms. The molecule has 0 N–H and O–H groups in total. The number of thiazole rings is 1. The lowest BCUT2D eigenvalue weighted by atomic mass is 9.92. The quantitative estimate of drug-likeness (QED) is 0.0496. The lowest BCUT2D eigenvalue weighted by Gasteiger charge is -2.48. The second kappa shape index (κ2) is 12.2. The molecular weight excluding hydrogens is 603 g/mol. The van der Waals surface area contributed by atoms with Gasteiger partial charge in [0.15, 0.2) is 12.7 Å². The van der Waals surface area contributed by atoms with E-state index in [1.807, 2.05) is 31.2 Å². The summed E-state index contributed by atoms with van der Waals surface area (Å²) in [6.45, 7) is 12.1. The van der Waals surface area contributed by atoms with Crippen molar-refractivity contribution in [1.82, 2.24) is 9.88 Å². The SMILES string of the molecule is C[C@@H](O[Si](C)(C)C(C)(C)C)[C@H]1C(=O)N(C(=O)C(=O)OCc2ccc([N+](=O)[O-])cc2)[C@@H]1SSc1nc2ccccc2s1. The number of ether oxygens (including phenoxy) is 1. The maximum atomic E-state index is 13.4. The molecule has 0 unspecified atom stereocenters. The first-order valence-corrected chi connectivity index (χ1v) is 18.8. The Morgan fingerprint density at radius 3 is 2.44 bits per heavy atom. The van der Waals surface area contributed by atoms with Gasteiger partial charge < -0.3 is 9.16 Å². The summed E-state index contributed by atoms with van der Waals surface area (Å²) in [5.74, 6) is -3.36. The Hall–Kier alpha value is -2.78. The van der Waals surface area contributed by atoms with Gasteiger partial charge in [-0.15, -0.1) is 11.3 Å². The molecular formula is C27H31N3O7S3Si. The van der Waals surface area contributed by atoms with Crippen molar-refractivity contribution in [2.75, 3.05) is 0 Å². The third-order valence-corrected chi connectivity index (χ3v) is 15.9. The van der Waals surface area contributed by atoms with E-state index in [4.69, 9.17) is 9.16 Å². The number of β-lactam (4-membered cyclic amide) rings is 1. The van der Waals surface area contributed by atoms with Gasteiger partial charge in [-0.25, -0.2) is 9.78 Å². The van der Waals surface area contributed by atoms with E-state index < -0.39 is 48.4 Å². The number of fused-ring (bicyclic) bond motifs is 1. The first-order valence-electron chi connectivity index (χ1n) is 12.8. The van der Waals surface area contributed by atoms with Crippen LogP contribution in [0.3, 0.4) is 0 Å². The fourth-order valence-corrected chi connectivity index (χ4v) is 9.48. The monoisotopic (exact) mass is 633 g/mol. The largest absolute Gasteiger partial charge is 0.454 e. The maximum absolute atomic E-state index is 13.4. The van der Waals surface area contributed by atoms with E-state index in [0.717, 1.165) is 19.5 Å². The molecule has 1 saturated heterocycles. The number of nitro groups is 1. The fraction of sp³-hybridized carbons (Fsp3) is 0.407. The zero-order valence-corrected chi connectivity index (χ0v) is 26.9. The van der Waals surface area contributed by atoms with Gasteiger partial charge in [0.2, 0.25) is 5.91 Å². The summed E-state index contributed by atoms with van der Waals surface area (Å²) in [5.41, 5.74) is 1.23. The summed E-state index contributed by atoms with van der Waals surface area (Å²) in [6, 6.07) is 13.2. The Labute approximate surface area is 250 Å². The van der Waals surface area contributed by atoms with Crippen molar-refractivity contribution in [3.8, 4) is 0 Å². The first kappa shape index (κ1) is 31.2. The van der Waals surface area contributed by atoms with Gasteiger partial charge >= 0.3 is 11.9 Å². The van der Waals surface area contributed by atoms with Crippen molar-refractivity contribution in [2.24, 2.45) is 5.92 Å². The molecule has 4 rings (SSSR count). The van der Waals surface area contributed by atoms with Crippen LogP contribution in [0.15, 0.2) is 52.9 Å². The Bertz CT molecular complexity index is 1440. The van der Waals surface area contributed by atoms with Crippen LogP contribution in [-0.2, 0) is 30.2 Å². The summed E-state index contributed by atoms with van der Waals surface area (Å²) < 4.78 is 13.5. The van der Waals surface area contributed by atoms with Gasteiger partial charge in [-0.1, -0.05) is 43.7 Å². The molecule has 1 aliphatic rings. The second-order valence-electron chi connectivity index (χ2n) is 11.1. The Morgan fingerprint density at radius 1 is 1.17 bits per heavy atom. The van der Waals surface area contributed by atoms with Crippen LogP contribution in [0.25, 0.3) is 10.2 Å². The number of para-hydroxylation sites is 1. The molecule has 1 aromatic heterocycles. The van der Waals surface area contributed by atoms with Crippen LogP contribution < -0.4 is 0 Å². The van der Waals surface area contributed by atoms with E-state index in [0.29, 0.717) is 5.56 Å². The number of carbonyl (C=O) groups excluding carboxylic acids is 3. The van der Waals surface area contributed by atoms with E-state index >= 15 is 0 Å². The number of nitro benzene ring substituents is 1. The second-order valence-corrected chi connectivity index (χ2v) is 19.5. The summed E-state index contributed by atoms with van der Waals surface area (Å²) in [4.78, 5) is 55.1. The summed E-state index contributed by atoms with van der Waals surface area (Å²) >= 11 is 1.51.